The van der Waals surface area contributed by atoms with Gasteiger partial charge >= 0.3 is 6.09 Å². The number of amides is 4. The summed E-state index contributed by atoms with van der Waals surface area (Å²) in [6.45, 7) is 11.9. The van der Waals surface area contributed by atoms with Gasteiger partial charge in [-0.05, 0) is 126 Å². The Hall–Kier alpha value is -5.14. The van der Waals surface area contributed by atoms with Gasteiger partial charge in [-0.25, -0.2) is 13.6 Å². The summed E-state index contributed by atoms with van der Waals surface area (Å²) >= 11 is 1.36. The molecule has 296 valence electrons. The second kappa shape index (κ2) is 16.5. The average Bonchev–Trinajstić information content (AvgIpc) is 3.49. The summed E-state index contributed by atoms with van der Waals surface area (Å²) in [7, 11) is 0. The number of fused-ring (bicyclic) bond motifs is 1. The lowest BCUT2D eigenvalue weighted by Gasteiger charge is -2.47. The number of halogens is 2. The van der Waals surface area contributed by atoms with Crippen LogP contribution >= 0.6 is 11.3 Å². The zero-order chi connectivity index (χ0) is 40.4. The highest BCUT2D eigenvalue weighted by Crippen LogP contribution is 2.39. The molecule has 0 bridgehead atoms. The molecule has 1 aliphatic carbocycles. The number of nitrogens with two attached hydrogens (primary N) is 1. The van der Waals surface area contributed by atoms with Crippen molar-refractivity contribution in [3.63, 3.8) is 0 Å². The Morgan fingerprint density at radius 1 is 0.857 bits per heavy atom. The molecular formula is C43H49F2N5O5S. The molecule has 4 amide bonds. The number of aryl methyl sites for hydroxylation is 2. The Morgan fingerprint density at radius 3 is 2.21 bits per heavy atom. The molecule has 1 saturated heterocycles. The molecule has 4 aromatic rings. The molecule has 4 N–H and O–H groups in total. The third-order valence-electron chi connectivity index (χ3n) is 10.2. The third-order valence-corrected chi connectivity index (χ3v) is 11.4. The quantitative estimate of drug-likeness (QED) is 0.149. The van der Waals surface area contributed by atoms with Crippen molar-refractivity contribution in [2.45, 2.75) is 90.8 Å². The molecule has 0 radical (unpaired) electrons. The fourth-order valence-corrected chi connectivity index (χ4v) is 8.56. The van der Waals surface area contributed by atoms with Crippen LogP contribution in [0.3, 0.4) is 0 Å². The minimum Gasteiger partial charge on any atom is -0.444 e. The fourth-order valence-electron chi connectivity index (χ4n) is 7.28. The molecule has 1 aliphatic heterocycles. The van der Waals surface area contributed by atoms with E-state index >= 15 is 8.78 Å². The number of thiophene rings is 1. The van der Waals surface area contributed by atoms with Gasteiger partial charge in [-0.1, -0.05) is 24.3 Å². The first-order valence-corrected chi connectivity index (χ1v) is 19.7. The number of primary amides is 1. The van der Waals surface area contributed by atoms with Crippen LogP contribution in [0, 0.1) is 11.6 Å². The molecule has 3 aromatic carbocycles. The number of carbonyl (C=O) groups excluding carboxylic acids is 4. The van der Waals surface area contributed by atoms with E-state index in [2.05, 4.69) is 29.4 Å². The van der Waals surface area contributed by atoms with Crippen LogP contribution in [0.25, 0.3) is 0 Å². The smallest absolute Gasteiger partial charge is 0.410 e. The van der Waals surface area contributed by atoms with Crippen molar-refractivity contribution >= 4 is 45.8 Å². The van der Waals surface area contributed by atoms with Gasteiger partial charge in [0.15, 0.2) is 0 Å². The molecular weight excluding hydrogens is 737 g/mol. The molecule has 10 nitrogen and oxygen atoms in total. The maximum absolute atomic E-state index is 15.3. The Balaban J connectivity index is 1.14. The molecule has 56 heavy (non-hydrogen) atoms. The Morgan fingerprint density at radius 2 is 1.55 bits per heavy atom. The maximum atomic E-state index is 15.3. The van der Waals surface area contributed by atoms with E-state index in [-0.39, 0.29) is 35.2 Å². The van der Waals surface area contributed by atoms with Gasteiger partial charge in [0.2, 0.25) is 5.91 Å². The standard InChI is InChI=1S/C43H49F2N5O5S/c1-42(2,3)55-41(54)49-19-20-50(43(4,5)25-49)24-27-9-8-10-29(21-27)38(52)48-40-36(32-11-6-7-12-35(32)56-40)39(53)47-30-22-33(44)31(34(45)23-30)18-15-26-13-16-28(17-14-26)37(46)51/h8-10,13-14,16-17,21-23H,6-7,11-12,15,18-20,24-25H2,1-5H3,(H2,46,51)(H,47,53)(H,48,52). The molecule has 0 unspecified atom stereocenters. The summed E-state index contributed by atoms with van der Waals surface area (Å²) < 4.78 is 36.2. The Bertz CT molecular complexity index is 2120. The molecule has 13 heteroatoms. The second-order valence-electron chi connectivity index (χ2n) is 16.1. The number of nitrogens with zero attached hydrogens (tertiary/aromatic N) is 2. The lowest BCUT2D eigenvalue weighted by Crippen LogP contribution is -2.60. The number of hydrogen-bond acceptors (Lipinski definition) is 7. The first kappa shape index (κ1) is 40.5. The van der Waals surface area contributed by atoms with Gasteiger partial charge in [-0.3, -0.25) is 19.3 Å². The molecule has 2 aliphatic rings. The van der Waals surface area contributed by atoms with Crippen molar-refractivity contribution in [1.82, 2.24) is 9.80 Å². The van der Waals surface area contributed by atoms with E-state index in [0.717, 1.165) is 53.0 Å². The first-order valence-electron chi connectivity index (χ1n) is 18.9. The zero-order valence-corrected chi connectivity index (χ0v) is 33.3. The minimum absolute atomic E-state index is 0.0323. The summed E-state index contributed by atoms with van der Waals surface area (Å²) in [4.78, 5) is 56.8. The van der Waals surface area contributed by atoms with E-state index in [1.165, 1.54) is 11.3 Å². The predicted octanol–water partition coefficient (Wildman–Crippen LogP) is 8.13. The van der Waals surface area contributed by atoms with Crippen molar-refractivity contribution in [3.05, 3.63) is 116 Å². The van der Waals surface area contributed by atoms with Crippen molar-refractivity contribution in [2.75, 3.05) is 30.3 Å². The van der Waals surface area contributed by atoms with Gasteiger partial charge in [0.05, 0.1) is 5.56 Å². The maximum Gasteiger partial charge on any atom is 0.410 e. The third kappa shape index (κ3) is 9.62. The number of piperazine rings is 1. The van der Waals surface area contributed by atoms with Crippen LogP contribution in [0.2, 0.25) is 0 Å². The predicted molar refractivity (Wildman–Crippen MR) is 214 cm³/mol. The monoisotopic (exact) mass is 785 g/mol. The van der Waals surface area contributed by atoms with E-state index in [1.807, 2.05) is 39.0 Å². The van der Waals surface area contributed by atoms with E-state index in [4.69, 9.17) is 10.5 Å². The minimum atomic E-state index is -0.789. The van der Waals surface area contributed by atoms with Crippen LogP contribution in [0.4, 0.5) is 24.3 Å². The van der Waals surface area contributed by atoms with E-state index in [9.17, 15) is 19.2 Å². The number of benzene rings is 3. The highest BCUT2D eigenvalue weighted by atomic mass is 32.1. The molecule has 0 spiro atoms. The van der Waals surface area contributed by atoms with Crippen molar-refractivity contribution in [1.29, 1.82) is 0 Å². The topological polar surface area (TPSA) is 134 Å². The molecule has 1 fully saturated rings. The van der Waals surface area contributed by atoms with Crippen molar-refractivity contribution in [3.8, 4) is 0 Å². The normalized spacial score (nSPS) is 15.5. The van der Waals surface area contributed by atoms with Gasteiger partial charge in [0.1, 0.15) is 22.2 Å². The summed E-state index contributed by atoms with van der Waals surface area (Å²) in [5.41, 5.74) is 7.85. The summed E-state index contributed by atoms with van der Waals surface area (Å²) in [6, 6.07) is 16.1. The summed E-state index contributed by atoms with van der Waals surface area (Å²) in [6.07, 6.45) is 3.33. The van der Waals surface area contributed by atoms with Gasteiger partial charge in [-0.2, -0.15) is 0 Å². The van der Waals surface area contributed by atoms with E-state index in [0.29, 0.717) is 60.7 Å². The second-order valence-corrected chi connectivity index (χ2v) is 17.2. The Kier molecular flexibility index (Phi) is 12.0. The average molecular weight is 786 g/mol. The van der Waals surface area contributed by atoms with E-state index in [1.54, 1.807) is 35.2 Å². The van der Waals surface area contributed by atoms with Crippen LogP contribution in [0.1, 0.15) is 106 Å². The Labute approximate surface area is 330 Å². The van der Waals surface area contributed by atoms with Gasteiger partial charge in [0, 0.05) is 59.0 Å². The van der Waals surface area contributed by atoms with Crippen molar-refractivity contribution in [2.24, 2.45) is 5.73 Å². The highest BCUT2D eigenvalue weighted by molar-refractivity contribution is 7.17. The van der Waals surface area contributed by atoms with Crippen molar-refractivity contribution < 1.29 is 32.7 Å². The molecule has 0 atom stereocenters. The number of carbonyl (C=O) groups is 4. The number of nitrogens with one attached hydrogen (secondary N) is 2. The lowest BCUT2D eigenvalue weighted by molar-refractivity contribution is -0.0177. The number of hydrogen-bond donors (Lipinski definition) is 3. The van der Waals surface area contributed by atoms with Gasteiger partial charge in [0.25, 0.3) is 11.8 Å². The van der Waals surface area contributed by atoms with Gasteiger partial charge < -0.3 is 26.0 Å². The highest BCUT2D eigenvalue weighted by Gasteiger charge is 2.37. The molecule has 2 heterocycles. The van der Waals surface area contributed by atoms with Gasteiger partial charge in [-0.15, -0.1) is 11.3 Å². The molecule has 6 rings (SSSR count). The fraction of sp³-hybridized carbons (Fsp3) is 0.395. The number of rotatable bonds is 10. The van der Waals surface area contributed by atoms with Crippen LogP contribution < -0.4 is 16.4 Å². The number of ether oxygens (including phenoxy) is 1. The number of anilines is 2. The van der Waals surface area contributed by atoms with Crippen LogP contribution in [-0.2, 0) is 37.0 Å². The van der Waals surface area contributed by atoms with Crippen LogP contribution in [0.15, 0.2) is 60.7 Å². The lowest BCUT2D eigenvalue weighted by atomic mass is 9.95. The molecule has 0 saturated carbocycles. The van der Waals surface area contributed by atoms with Crippen LogP contribution in [0.5, 0.6) is 0 Å². The zero-order valence-electron chi connectivity index (χ0n) is 32.5. The van der Waals surface area contributed by atoms with E-state index < -0.39 is 29.0 Å². The molecule has 1 aromatic heterocycles. The first-order chi connectivity index (χ1) is 26.5. The SMILES string of the molecule is CC(C)(C)OC(=O)N1CCN(Cc2cccc(C(=O)Nc3sc4c(c3C(=O)Nc3cc(F)c(CCc5ccc(C(N)=O)cc5)c(F)c3)CCCC4)c2)C(C)(C)C1. The summed E-state index contributed by atoms with van der Waals surface area (Å²) in [5, 5.41) is 6.06. The largest absolute Gasteiger partial charge is 0.444 e. The summed E-state index contributed by atoms with van der Waals surface area (Å²) in [5.74, 6) is -3.06. The van der Waals surface area contributed by atoms with Crippen LogP contribution in [-0.4, -0.2) is 64.4 Å².